The lowest BCUT2D eigenvalue weighted by Crippen LogP contribution is -2.59. The fourth-order valence-corrected chi connectivity index (χ4v) is 4.26. The summed E-state index contributed by atoms with van der Waals surface area (Å²) < 4.78 is 0. The second-order valence-corrected chi connectivity index (χ2v) is 7.40. The van der Waals surface area contributed by atoms with E-state index >= 15 is 0 Å². The van der Waals surface area contributed by atoms with Crippen LogP contribution in [0.5, 0.6) is 0 Å². The van der Waals surface area contributed by atoms with Gasteiger partial charge in [0.25, 0.3) is 0 Å². The van der Waals surface area contributed by atoms with E-state index in [1.54, 1.807) is 0 Å². The number of thioether (sulfide) groups is 1. The summed E-state index contributed by atoms with van der Waals surface area (Å²) in [5.41, 5.74) is 0.314. The van der Waals surface area contributed by atoms with Gasteiger partial charge >= 0.3 is 0 Å². The van der Waals surface area contributed by atoms with Gasteiger partial charge in [0.05, 0.1) is 0 Å². The number of hydrogen-bond donors (Lipinski definition) is 1. The highest BCUT2D eigenvalue weighted by molar-refractivity contribution is 7.99. The van der Waals surface area contributed by atoms with Crippen LogP contribution in [0.3, 0.4) is 0 Å². The van der Waals surface area contributed by atoms with E-state index in [0.717, 1.165) is 17.8 Å². The third-order valence-electron chi connectivity index (χ3n) is 3.88. The fourth-order valence-electron chi connectivity index (χ4n) is 3.13. The van der Waals surface area contributed by atoms with Crippen molar-refractivity contribution in [3.8, 4) is 0 Å². The first-order valence-corrected chi connectivity index (χ1v) is 7.76. The van der Waals surface area contributed by atoms with E-state index in [4.69, 9.17) is 0 Å². The van der Waals surface area contributed by atoms with Crippen molar-refractivity contribution in [2.75, 3.05) is 25.4 Å². The number of nitrogens with one attached hydrogen (secondary N) is 1. The summed E-state index contributed by atoms with van der Waals surface area (Å²) in [5.74, 6) is 1.28. The first kappa shape index (κ1) is 12.7. The van der Waals surface area contributed by atoms with Gasteiger partial charge in [-0.05, 0) is 38.9 Å². The molecule has 0 bridgehead atoms. The molecule has 16 heavy (non-hydrogen) atoms. The van der Waals surface area contributed by atoms with E-state index in [2.05, 4.69) is 42.7 Å². The van der Waals surface area contributed by atoms with Crippen LogP contribution in [0.1, 0.15) is 40.0 Å². The van der Waals surface area contributed by atoms with Crippen molar-refractivity contribution in [2.24, 2.45) is 0 Å². The Morgan fingerprint density at radius 3 is 2.88 bits per heavy atom. The molecule has 2 fully saturated rings. The molecule has 1 aliphatic heterocycles. The Labute approximate surface area is 105 Å². The number of hydrogen-bond acceptors (Lipinski definition) is 3. The average Bonchev–Trinajstić information content (AvgIpc) is 2.65. The van der Waals surface area contributed by atoms with Crippen LogP contribution in [0.15, 0.2) is 0 Å². The van der Waals surface area contributed by atoms with Crippen molar-refractivity contribution in [3.05, 3.63) is 0 Å². The van der Waals surface area contributed by atoms with Crippen molar-refractivity contribution in [2.45, 2.75) is 56.9 Å². The molecule has 2 atom stereocenters. The minimum atomic E-state index is 0.314. The lowest BCUT2D eigenvalue weighted by Gasteiger charge is -2.42. The first-order valence-electron chi connectivity index (χ1n) is 6.71. The largest absolute Gasteiger partial charge is 0.309 e. The second kappa shape index (κ2) is 5.28. The van der Waals surface area contributed by atoms with Crippen LogP contribution >= 0.6 is 11.8 Å². The minimum absolute atomic E-state index is 0.314. The first-order chi connectivity index (χ1) is 7.61. The zero-order valence-electron chi connectivity index (χ0n) is 11.0. The number of piperazine rings is 1. The zero-order chi connectivity index (χ0) is 11.6. The number of nitrogens with zero attached hydrogens (tertiary/aromatic N) is 1. The zero-order valence-corrected chi connectivity index (χ0v) is 11.8. The predicted molar refractivity (Wildman–Crippen MR) is 73.2 cm³/mol. The van der Waals surface area contributed by atoms with E-state index in [9.17, 15) is 0 Å². The maximum atomic E-state index is 3.60. The molecule has 3 heteroatoms. The van der Waals surface area contributed by atoms with Crippen LogP contribution in [0.25, 0.3) is 0 Å². The van der Waals surface area contributed by atoms with Crippen LogP contribution in [0, 0.1) is 0 Å². The molecule has 1 saturated carbocycles. The van der Waals surface area contributed by atoms with Gasteiger partial charge in [0.15, 0.2) is 0 Å². The molecule has 0 spiro atoms. The number of rotatable bonds is 3. The van der Waals surface area contributed by atoms with E-state index in [1.807, 2.05) is 0 Å². The van der Waals surface area contributed by atoms with Crippen molar-refractivity contribution in [1.29, 1.82) is 0 Å². The van der Waals surface area contributed by atoms with E-state index in [-0.39, 0.29) is 0 Å². The Kier molecular flexibility index (Phi) is 4.20. The molecule has 1 aliphatic carbocycles. The van der Waals surface area contributed by atoms with Gasteiger partial charge in [0, 0.05) is 36.5 Å². The van der Waals surface area contributed by atoms with Gasteiger partial charge in [-0.15, -0.1) is 0 Å². The topological polar surface area (TPSA) is 15.3 Å². The molecule has 0 aromatic heterocycles. The van der Waals surface area contributed by atoms with E-state index < -0.39 is 0 Å². The average molecular weight is 242 g/mol. The van der Waals surface area contributed by atoms with Crippen molar-refractivity contribution >= 4 is 11.8 Å². The van der Waals surface area contributed by atoms with Crippen molar-refractivity contribution in [3.63, 3.8) is 0 Å². The second-order valence-electron chi connectivity index (χ2n) is 5.83. The van der Waals surface area contributed by atoms with Gasteiger partial charge in [-0.25, -0.2) is 0 Å². The van der Waals surface area contributed by atoms with Crippen molar-refractivity contribution in [1.82, 2.24) is 10.2 Å². The van der Waals surface area contributed by atoms with Crippen LogP contribution in [-0.4, -0.2) is 47.1 Å². The molecular formula is C13H26N2S. The van der Waals surface area contributed by atoms with Crippen molar-refractivity contribution < 1.29 is 0 Å². The highest BCUT2D eigenvalue weighted by Gasteiger charge is 2.34. The maximum Gasteiger partial charge on any atom is 0.0252 e. The molecule has 1 saturated heterocycles. The Morgan fingerprint density at radius 1 is 1.38 bits per heavy atom. The summed E-state index contributed by atoms with van der Waals surface area (Å²) in [6.45, 7) is 10.6. The molecule has 0 aromatic carbocycles. The van der Waals surface area contributed by atoms with Gasteiger partial charge in [0.2, 0.25) is 0 Å². The molecule has 1 N–H and O–H groups in total. The Hall–Kier alpha value is 0.270. The summed E-state index contributed by atoms with van der Waals surface area (Å²) in [6.07, 6.45) is 4.29. The standard InChI is InChI=1S/C13H26N2S/c1-4-16-12-6-5-11(9-12)15-8-7-14-13(2,3)10-15/h11-12,14H,4-10H2,1-3H3. The third kappa shape index (κ3) is 3.14. The van der Waals surface area contributed by atoms with Gasteiger partial charge in [-0.2, -0.15) is 11.8 Å². The van der Waals surface area contributed by atoms with Crippen LogP contribution in [0.2, 0.25) is 0 Å². The molecular weight excluding hydrogens is 216 g/mol. The quantitative estimate of drug-likeness (QED) is 0.818. The van der Waals surface area contributed by atoms with Gasteiger partial charge in [-0.1, -0.05) is 6.92 Å². The van der Waals surface area contributed by atoms with Gasteiger partial charge < -0.3 is 5.32 Å². The molecule has 1 heterocycles. The SMILES string of the molecule is CCSC1CCC(N2CCNC(C)(C)C2)C1. The molecule has 2 unspecified atom stereocenters. The lowest BCUT2D eigenvalue weighted by atomic mass is 10.0. The van der Waals surface area contributed by atoms with Gasteiger partial charge in [0.1, 0.15) is 0 Å². The Bertz CT molecular complexity index is 230. The predicted octanol–water partition coefficient (Wildman–Crippen LogP) is 2.34. The van der Waals surface area contributed by atoms with Gasteiger partial charge in [-0.3, -0.25) is 4.90 Å². The molecule has 0 aromatic rings. The molecule has 0 amide bonds. The molecule has 0 radical (unpaired) electrons. The molecule has 2 aliphatic rings. The van der Waals surface area contributed by atoms with Crippen LogP contribution in [-0.2, 0) is 0 Å². The Balaban J connectivity index is 1.84. The maximum absolute atomic E-state index is 3.60. The summed E-state index contributed by atoms with van der Waals surface area (Å²) in [7, 11) is 0. The summed E-state index contributed by atoms with van der Waals surface area (Å²) in [5, 5.41) is 4.54. The van der Waals surface area contributed by atoms with E-state index in [0.29, 0.717) is 5.54 Å². The fraction of sp³-hybridized carbons (Fsp3) is 1.00. The molecule has 2 nitrogen and oxygen atoms in total. The van der Waals surface area contributed by atoms with E-state index in [1.165, 1.54) is 38.1 Å². The smallest absolute Gasteiger partial charge is 0.0252 e. The van der Waals surface area contributed by atoms with Crippen LogP contribution < -0.4 is 5.32 Å². The highest BCUT2D eigenvalue weighted by atomic mass is 32.2. The summed E-state index contributed by atoms with van der Waals surface area (Å²) in [4.78, 5) is 2.73. The summed E-state index contributed by atoms with van der Waals surface area (Å²) >= 11 is 2.16. The minimum Gasteiger partial charge on any atom is -0.309 e. The van der Waals surface area contributed by atoms with Crippen LogP contribution in [0.4, 0.5) is 0 Å². The lowest BCUT2D eigenvalue weighted by molar-refractivity contribution is 0.111. The third-order valence-corrected chi connectivity index (χ3v) is 5.11. The summed E-state index contributed by atoms with van der Waals surface area (Å²) in [6, 6.07) is 0.866. The molecule has 94 valence electrons. The highest BCUT2D eigenvalue weighted by Crippen LogP contribution is 2.33. The molecule has 2 rings (SSSR count). The Morgan fingerprint density at radius 2 is 2.19 bits per heavy atom. The normalized spacial score (nSPS) is 35.4. The monoisotopic (exact) mass is 242 g/mol.